The number of aromatic nitrogens is 3. The minimum absolute atomic E-state index is 0.754. The number of aromatic amines is 1. The Kier molecular flexibility index (Phi) is 2.30. The van der Waals surface area contributed by atoms with Crippen LogP contribution in [0.25, 0.3) is 10.2 Å². The maximum Gasteiger partial charge on any atom is 0.0922 e. The van der Waals surface area contributed by atoms with Gasteiger partial charge in [-0.15, -0.1) is 11.3 Å². The fourth-order valence-corrected chi connectivity index (χ4v) is 2.26. The first kappa shape index (κ1) is 9.35. The van der Waals surface area contributed by atoms with Gasteiger partial charge in [-0.2, -0.15) is 0 Å². The lowest BCUT2D eigenvalue weighted by atomic mass is 10.3. The monoisotopic (exact) mass is 230 g/mol. The Labute approximate surface area is 96.4 Å². The van der Waals surface area contributed by atoms with Gasteiger partial charge in [0, 0.05) is 11.9 Å². The number of fused-ring (bicyclic) bond motifs is 1. The molecule has 80 valence electrons. The van der Waals surface area contributed by atoms with Crippen LogP contribution in [0.3, 0.4) is 0 Å². The van der Waals surface area contributed by atoms with Gasteiger partial charge in [0.15, 0.2) is 0 Å². The molecule has 0 atom stereocenters. The van der Waals surface area contributed by atoms with Gasteiger partial charge in [-0.05, 0) is 18.2 Å². The zero-order valence-corrected chi connectivity index (χ0v) is 9.29. The van der Waals surface area contributed by atoms with E-state index in [1.54, 1.807) is 17.7 Å². The summed E-state index contributed by atoms with van der Waals surface area (Å²) in [6.45, 7) is 0.754. The maximum absolute atomic E-state index is 4.24. The van der Waals surface area contributed by atoms with Crippen LogP contribution in [0.1, 0.15) is 5.69 Å². The first-order chi connectivity index (χ1) is 7.92. The smallest absolute Gasteiger partial charge is 0.0922 e. The zero-order chi connectivity index (χ0) is 10.8. The highest BCUT2D eigenvalue weighted by atomic mass is 32.1. The molecule has 0 saturated heterocycles. The number of thiazole rings is 1. The van der Waals surface area contributed by atoms with Crippen molar-refractivity contribution in [1.29, 1.82) is 0 Å². The van der Waals surface area contributed by atoms with Crippen molar-refractivity contribution in [3.8, 4) is 0 Å². The van der Waals surface area contributed by atoms with Gasteiger partial charge in [0.2, 0.25) is 0 Å². The summed E-state index contributed by atoms with van der Waals surface area (Å²) in [6, 6.07) is 6.18. The molecule has 1 aromatic carbocycles. The lowest BCUT2D eigenvalue weighted by molar-refractivity contribution is 1.08. The van der Waals surface area contributed by atoms with Crippen LogP contribution in [0.15, 0.2) is 36.2 Å². The highest BCUT2D eigenvalue weighted by molar-refractivity contribution is 7.16. The SMILES string of the molecule is c1ncc(CNc2ccc3ncsc3c2)[nH]1. The third-order valence-electron chi connectivity index (χ3n) is 2.37. The average Bonchev–Trinajstić information content (AvgIpc) is 2.97. The normalized spacial score (nSPS) is 10.8. The number of rotatable bonds is 3. The van der Waals surface area contributed by atoms with Crippen molar-refractivity contribution in [2.45, 2.75) is 6.54 Å². The number of benzene rings is 1. The van der Waals surface area contributed by atoms with Gasteiger partial charge >= 0.3 is 0 Å². The zero-order valence-electron chi connectivity index (χ0n) is 8.47. The average molecular weight is 230 g/mol. The van der Waals surface area contributed by atoms with Crippen LogP contribution in [-0.2, 0) is 6.54 Å². The van der Waals surface area contributed by atoms with E-state index in [2.05, 4.69) is 26.3 Å². The molecule has 0 saturated carbocycles. The van der Waals surface area contributed by atoms with Crippen molar-refractivity contribution >= 4 is 27.2 Å². The lowest BCUT2D eigenvalue weighted by Gasteiger charge is -2.04. The Bertz CT molecular complexity index is 585. The molecular formula is C11H10N4S. The predicted octanol–water partition coefficient (Wildman–Crippen LogP) is 2.63. The Morgan fingerprint density at radius 2 is 2.38 bits per heavy atom. The van der Waals surface area contributed by atoms with Crippen molar-refractivity contribution in [1.82, 2.24) is 15.0 Å². The van der Waals surface area contributed by atoms with E-state index in [1.165, 1.54) is 4.70 Å². The van der Waals surface area contributed by atoms with E-state index >= 15 is 0 Å². The van der Waals surface area contributed by atoms with Crippen LogP contribution in [0.2, 0.25) is 0 Å². The molecule has 0 spiro atoms. The van der Waals surface area contributed by atoms with Crippen molar-refractivity contribution in [3.05, 3.63) is 41.9 Å². The Morgan fingerprint density at radius 1 is 1.38 bits per heavy atom. The summed E-state index contributed by atoms with van der Waals surface area (Å²) in [7, 11) is 0. The van der Waals surface area contributed by atoms with Crippen molar-refractivity contribution < 1.29 is 0 Å². The van der Waals surface area contributed by atoms with Crippen LogP contribution < -0.4 is 5.32 Å². The number of nitrogens with zero attached hydrogens (tertiary/aromatic N) is 2. The van der Waals surface area contributed by atoms with Crippen molar-refractivity contribution in [2.24, 2.45) is 0 Å². The lowest BCUT2D eigenvalue weighted by Crippen LogP contribution is -1.98. The molecular weight excluding hydrogens is 220 g/mol. The minimum atomic E-state index is 0.754. The molecule has 0 amide bonds. The van der Waals surface area contributed by atoms with E-state index < -0.39 is 0 Å². The number of anilines is 1. The fraction of sp³-hybridized carbons (Fsp3) is 0.0909. The van der Waals surface area contributed by atoms with E-state index in [1.807, 2.05) is 23.8 Å². The van der Waals surface area contributed by atoms with Gasteiger partial charge in [0.1, 0.15) is 0 Å². The van der Waals surface area contributed by atoms with E-state index in [0.29, 0.717) is 0 Å². The standard InChI is InChI=1S/C11H10N4S/c1-2-10-11(16-7-15-10)3-8(1)13-5-9-4-12-6-14-9/h1-4,6-7,13H,5H2,(H,12,14). The van der Waals surface area contributed by atoms with Crippen LogP contribution in [-0.4, -0.2) is 15.0 Å². The van der Waals surface area contributed by atoms with Gasteiger partial charge in [-0.1, -0.05) is 0 Å². The van der Waals surface area contributed by atoms with E-state index in [9.17, 15) is 0 Å². The van der Waals surface area contributed by atoms with Crippen LogP contribution >= 0.6 is 11.3 Å². The van der Waals surface area contributed by atoms with Gasteiger partial charge in [0.05, 0.1) is 34.3 Å². The van der Waals surface area contributed by atoms with Gasteiger partial charge < -0.3 is 10.3 Å². The second-order valence-corrected chi connectivity index (χ2v) is 4.35. The van der Waals surface area contributed by atoms with E-state index in [0.717, 1.165) is 23.4 Å². The molecule has 3 aromatic rings. The number of nitrogens with one attached hydrogen (secondary N) is 2. The van der Waals surface area contributed by atoms with Crippen molar-refractivity contribution in [2.75, 3.05) is 5.32 Å². The molecule has 2 aromatic heterocycles. The third kappa shape index (κ3) is 1.77. The minimum Gasteiger partial charge on any atom is -0.379 e. The molecule has 4 nitrogen and oxygen atoms in total. The highest BCUT2D eigenvalue weighted by Gasteiger charge is 1.99. The topological polar surface area (TPSA) is 53.6 Å². The number of hydrogen-bond donors (Lipinski definition) is 2. The first-order valence-electron chi connectivity index (χ1n) is 4.96. The fourth-order valence-electron chi connectivity index (χ4n) is 1.54. The molecule has 16 heavy (non-hydrogen) atoms. The molecule has 0 unspecified atom stereocenters. The predicted molar refractivity (Wildman–Crippen MR) is 65.5 cm³/mol. The summed E-state index contributed by atoms with van der Waals surface area (Å²) in [5.41, 5.74) is 5.09. The van der Waals surface area contributed by atoms with Gasteiger partial charge in [0.25, 0.3) is 0 Å². The Morgan fingerprint density at radius 3 is 3.25 bits per heavy atom. The maximum atomic E-state index is 4.24. The summed E-state index contributed by atoms with van der Waals surface area (Å²) in [6.07, 6.45) is 3.50. The summed E-state index contributed by atoms with van der Waals surface area (Å²) in [4.78, 5) is 11.3. The summed E-state index contributed by atoms with van der Waals surface area (Å²) in [5, 5.41) is 3.34. The van der Waals surface area contributed by atoms with Gasteiger partial charge in [-0.25, -0.2) is 9.97 Å². The molecule has 0 aliphatic carbocycles. The first-order valence-corrected chi connectivity index (χ1v) is 5.84. The van der Waals surface area contributed by atoms with Crippen molar-refractivity contribution in [3.63, 3.8) is 0 Å². The Balaban J connectivity index is 1.78. The molecule has 3 rings (SSSR count). The highest BCUT2D eigenvalue weighted by Crippen LogP contribution is 2.21. The second-order valence-electron chi connectivity index (χ2n) is 3.47. The number of H-pyrrole nitrogens is 1. The molecule has 2 N–H and O–H groups in total. The summed E-state index contributed by atoms with van der Waals surface area (Å²) >= 11 is 1.65. The number of hydrogen-bond acceptors (Lipinski definition) is 4. The van der Waals surface area contributed by atoms with E-state index in [-0.39, 0.29) is 0 Å². The number of imidazole rings is 1. The molecule has 0 radical (unpaired) electrons. The van der Waals surface area contributed by atoms with Crippen LogP contribution in [0.4, 0.5) is 5.69 Å². The molecule has 0 fully saturated rings. The largest absolute Gasteiger partial charge is 0.379 e. The molecule has 0 aliphatic rings. The third-order valence-corrected chi connectivity index (χ3v) is 3.16. The van der Waals surface area contributed by atoms with Gasteiger partial charge in [-0.3, -0.25) is 0 Å². The van der Waals surface area contributed by atoms with E-state index in [4.69, 9.17) is 0 Å². The molecule has 5 heteroatoms. The second kappa shape index (κ2) is 3.94. The molecule has 2 heterocycles. The summed E-state index contributed by atoms with van der Waals surface area (Å²) in [5.74, 6) is 0. The molecule has 0 aliphatic heterocycles. The quantitative estimate of drug-likeness (QED) is 0.727. The summed E-state index contributed by atoms with van der Waals surface area (Å²) < 4.78 is 1.20. The van der Waals surface area contributed by atoms with Crippen LogP contribution in [0.5, 0.6) is 0 Å². The van der Waals surface area contributed by atoms with Crippen LogP contribution in [0, 0.1) is 0 Å². The molecule has 0 bridgehead atoms. The Hall–Kier alpha value is -1.88.